The first-order valence-corrected chi connectivity index (χ1v) is 14.3. The normalized spacial score (nSPS) is 15.6. The molecule has 5 rings (SSSR count). The average Bonchev–Trinajstić information content (AvgIpc) is 2.96. The van der Waals surface area contributed by atoms with Crippen molar-refractivity contribution in [1.82, 2.24) is 29.4 Å². The number of rotatable bonds is 6. The van der Waals surface area contributed by atoms with Crippen LogP contribution in [0.15, 0.2) is 54.1 Å². The van der Waals surface area contributed by atoms with Crippen LogP contribution in [-0.4, -0.2) is 61.0 Å². The molecular formula is C31H33ClFN7O2. The molecule has 0 bridgehead atoms. The predicted molar refractivity (Wildman–Crippen MR) is 163 cm³/mol. The largest absolute Gasteiger partial charge is 0.355 e. The van der Waals surface area contributed by atoms with Gasteiger partial charge in [0.15, 0.2) is 5.65 Å². The van der Waals surface area contributed by atoms with Crippen molar-refractivity contribution in [2.75, 3.05) is 24.5 Å². The minimum atomic E-state index is -0.567. The zero-order valence-corrected chi connectivity index (χ0v) is 25.1. The average molecular weight is 590 g/mol. The lowest BCUT2D eigenvalue weighted by Gasteiger charge is -2.40. The lowest BCUT2D eigenvalue weighted by Crippen LogP contribution is -2.54. The molecule has 4 aromatic rings. The zero-order valence-electron chi connectivity index (χ0n) is 24.3. The molecule has 0 aliphatic carbocycles. The SMILES string of the molecule is C=CC(=O)N1CCN(c2nc(=O)n(-c3c(C(C)C)ncnc3C(C)C)c3nc(-c4ccccc4F)c(Cl)cc23)C(C)C1. The molecule has 1 saturated heterocycles. The molecule has 0 spiro atoms. The number of halogens is 2. The lowest BCUT2D eigenvalue weighted by molar-refractivity contribution is -0.126. The van der Waals surface area contributed by atoms with Gasteiger partial charge >= 0.3 is 5.69 Å². The number of benzene rings is 1. The Kier molecular flexibility index (Phi) is 8.10. The van der Waals surface area contributed by atoms with Gasteiger partial charge in [-0.2, -0.15) is 4.98 Å². The summed E-state index contributed by atoms with van der Waals surface area (Å²) < 4.78 is 16.4. The monoisotopic (exact) mass is 589 g/mol. The Hall–Kier alpha value is -4.18. The highest BCUT2D eigenvalue weighted by Gasteiger charge is 2.31. The van der Waals surface area contributed by atoms with Crippen LogP contribution in [0.3, 0.4) is 0 Å². The molecule has 1 unspecified atom stereocenters. The molecule has 1 fully saturated rings. The topological polar surface area (TPSA) is 97.1 Å². The molecule has 1 atom stereocenters. The summed E-state index contributed by atoms with van der Waals surface area (Å²) in [6.07, 6.45) is 2.80. The number of nitrogens with zero attached hydrogens (tertiary/aromatic N) is 7. The maximum atomic E-state index is 15.0. The third-order valence-electron chi connectivity index (χ3n) is 7.51. The van der Waals surface area contributed by atoms with E-state index in [-0.39, 0.29) is 45.7 Å². The van der Waals surface area contributed by atoms with Crippen molar-refractivity contribution in [3.05, 3.63) is 82.0 Å². The zero-order chi connectivity index (χ0) is 30.3. The first-order valence-electron chi connectivity index (χ1n) is 13.9. The van der Waals surface area contributed by atoms with Crippen LogP contribution in [-0.2, 0) is 4.79 Å². The number of anilines is 1. The summed E-state index contributed by atoms with van der Waals surface area (Å²) in [7, 11) is 0. The first kappa shape index (κ1) is 29.3. The van der Waals surface area contributed by atoms with Crippen molar-refractivity contribution < 1.29 is 9.18 Å². The van der Waals surface area contributed by atoms with E-state index in [1.54, 1.807) is 29.2 Å². The van der Waals surface area contributed by atoms with E-state index in [1.165, 1.54) is 23.0 Å². The van der Waals surface area contributed by atoms with Crippen molar-refractivity contribution in [2.24, 2.45) is 0 Å². The van der Waals surface area contributed by atoms with E-state index in [9.17, 15) is 9.59 Å². The summed E-state index contributed by atoms with van der Waals surface area (Å²) in [5.41, 5.74) is 1.97. The number of carbonyl (C=O) groups excluding carboxylic acids is 1. The van der Waals surface area contributed by atoms with Crippen LogP contribution >= 0.6 is 11.6 Å². The Morgan fingerprint density at radius 1 is 1.10 bits per heavy atom. The van der Waals surface area contributed by atoms with Crippen LogP contribution in [0.5, 0.6) is 0 Å². The third kappa shape index (κ3) is 5.15. The van der Waals surface area contributed by atoms with Gasteiger partial charge in [0.05, 0.1) is 33.2 Å². The highest BCUT2D eigenvalue weighted by molar-refractivity contribution is 6.33. The summed E-state index contributed by atoms with van der Waals surface area (Å²) in [5.74, 6) is -0.333. The van der Waals surface area contributed by atoms with Crippen molar-refractivity contribution in [3.63, 3.8) is 0 Å². The van der Waals surface area contributed by atoms with E-state index in [1.807, 2.05) is 39.5 Å². The number of pyridine rings is 1. The second-order valence-electron chi connectivity index (χ2n) is 11.1. The summed E-state index contributed by atoms with van der Waals surface area (Å²) in [4.78, 5) is 48.7. The minimum absolute atomic E-state index is 0.0454. The molecule has 0 radical (unpaired) electrons. The number of hydrogen-bond donors (Lipinski definition) is 0. The molecular weight excluding hydrogens is 557 g/mol. The van der Waals surface area contributed by atoms with Gasteiger partial charge in [0.1, 0.15) is 18.0 Å². The molecule has 0 saturated carbocycles. The van der Waals surface area contributed by atoms with Crippen LogP contribution in [0.2, 0.25) is 5.02 Å². The van der Waals surface area contributed by atoms with Crippen molar-refractivity contribution in [3.8, 4) is 16.9 Å². The fraction of sp³-hybridized carbons (Fsp3) is 0.355. The fourth-order valence-corrected chi connectivity index (χ4v) is 5.70. The summed E-state index contributed by atoms with van der Waals surface area (Å²) in [6, 6.07) is 7.75. The van der Waals surface area contributed by atoms with E-state index in [4.69, 9.17) is 16.6 Å². The molecule has 218 valence electrons. The van der Waals surface area contributed by atoms with Crippen LogP contribution in [0.4, 0.5) is 10.2 Å². The van der Waals surface area contributed by atoms with Crippen molar-refractivity contribution in [1.29, 1.82) is 0 Å². The van der Waals surface area contributed by atoms with Gasteiger partial charge in [-0.1, -0.05) is 58.0 Å². The van der Waals surface area contributed by atoms with Crippen LogP contribution in [0.1, 0.15) is 57.8 Å². The minimum Gasteiger partial charge on any atom is -0.350 e. The molecule has 4 heterocycles. The van der Waals surface area contributed by atoms with Gasteiger partial charge in [0, 0.05) is 31.2 Å². The molecule has 0 N–H and O–H groups in total. The summed E-state index contributed by atoms with van der Waals surface area (Å²) in [5, 5.41) is 0.731. The molecule has 3 aromatic heterocycles. The van der Waals surface area contributed by atoms with Crippen LogP contribution in [0, 0.1) is 5.82 Å². The molecule has 1 amide bonds. The van der Waals surface area contributed by atoms with Gasteiger partial charge in [0.25, 0.3) is 0 Å². The molecule has 42 heavy (non-hydrogen) atoms. The van der Waals surface area contributed by atoms with E-state index in [0.29, 0.717) is 47.9 Å². The van der Waals surface area contributed by atoms with Gasteiger partial charge in [-0.05, 0) is 43.0 Å². The van der Waals surface area contributed by atoms with Crippen molar-refractivity contribution >= 4 is 34.4 Å². The number of carbonyl (C=O) groups is 1. The third-order valence-corrected chi connectivity index (χ3v) is 7.80. The Morgan fingerprint density at radius 3 is 2.36 bits per heavy atom. The van der Waals surface area contributed by atoms with E-state index < -0.39 is 11.5 Å². The molecule has 1 aliphatic heterocycles. The number of amides is 1. The first-order chi connectivity index (χ1) is 20.0. The Balaban J connectivity index is 1.84. The van der Waals surface area contributed by atoms with E-state index in [2.05, 4.69) is 21.5 Å². The van der Waals surface area contributed by atoms with Gasteiger partial charge in [-0.25, -0.2) is 28.7 Å². The highest BCUT2D eigenvalue weighted by atomic mass is 35.5. The molecule has 11 heteroatoms. The van der Waals surface area contributed by atoms with Crippen molar-refractivity contribution in [2.45, 2.75) is 52.5 Å². The molecule has 1 aromatic carbocycles. The Bertz CT molecular complexity index is 1730. The Labute approximate surface area is 248 Å². The fourth-order valence-electron chi connectivity index (χ4n) is 5.45. The van der Waals surface area contributed by atoms with Crippen LogP contribution < -0.4 is 10.6 Å². The highest BCUT2D eigenvalue weighted by Crippen LogP contribution is 2.36. The number of fused-ring (bicyclic) bond motifs is 1. The van der Waals surface area contributed by atoms with Gasteiger partial charge < -0.3 is 9.80 Å². The van der Waals surface area contributed by atoms with Gasteiger partial charge in [0.2, 0.25) is 5.91 Å². The smallest absolute Gasteiger partial charge is 0.350 e. The maximum absolute atomic E-state index is 15.0. The quantitative estimate of drug-likeness (QED) is 0.274. The van der Waals surface area contributed by atoms with E-state index in [0.717, 1.165) is 0 Å². The van der Waals surface area contributed by atoms with Crippen LogP contribution in [0.25, 0.3) is 28.0 Å². The maximum Gasteiger partial charge on any atom is 0.355 e. The standard InChI is InChI=1S/C31H33ClFN7O2/c1-7-24(41)38-12-13-39(19(6)15-38)29-21-14-22(32)27(20-10-8-9-11-23(20)33)36-30(21)40(31(42)37-29)28-25(17(2)3)34-16-35-26(28)18(4)5/h7-11,14,16-19H,1,12-13,15H2,2-6H3. The number of aromatic nitrogens is 5. The summed E-state index contributed by atoms with van der Waals surface area (Å²) >= 11 is 6.79. The van der Waals surface area contributed by atoms with E-state index >= 15 is 4.39 Å². The summed E-state index contributed by atoms with van der Waals surface area (Å²) in [6.45, 7) is 14.8. The Morgan fingerprint density at radius 2 is 1.76 bits per heavy atom. The predicted octanol–water partition coefficient (Wildman–Crippen LogP) is 5.50. The second-order valence-corrected chi connectivity index (χ2v) is 11.5. The second kappa shape index (κ2) is 11.6. The molecule has 9 nitrogen and oxygen atoms in total. The van der Waals surface area contributed by atoms with Gasteiger partial charge in [-0.15, -0.1) is 0 Å². The number of piperazine rings is 1. The lowest BCUT2D eigenvalue weighted by atomic mass is 10.0. The number of hydrogen-bond acceptors (Lipinski definition) is 7. The molecule has 1 aliphatic rings. The van der Waals surface area contributed by atoms with Gasteiger partial charge in [-0.3, -0.25) is 4.79 Å².